The Hall–Kier alpha value is -1.55. The van der Waals surface area contributed by atoms with Gasteiger partial charge in [0, 0.05) is 6.04 Å². The van der Waals surface area contributed by atoms with Crippen molar-refractivity contribution in [2.45, 2.75) is 57.8 Å². The molecule has 1 amide bonds. The summed E-state index contributed by atoms with van der Waals surface area (Å²) in [6.07, 6.45) is 4.74. The molecule has 4 heteroatoms. The molecule has 1 aromatic carbocycles. The highest BCUT2D eigenvalue weighted by atomic mass is 16.5. The molecule has 0 spiro atoms. The first-order valence-corrected chi connectivity index (χ1v) is 8.01. The minimum absolute atomic E-state index is 0.00581. The molecule has 0 bridgehead atoms. The SMILES string of the molecule is CCOc1ccc(C2NC(C)C(=O)N2C2CCCC2)cc1. The fourth-order valence-corrected chi connectivity index (χ4v) is 3.48. The Morgan fingerprint density at radius 1 is 1.24 bits per heavy atom. The fraction of sp³-hybridized carbons (Fsp3) is 0.588. The van der Waals surface area contributed by atoms with Gasteiger partial charge in [-0.05, 0) is 44.4 Å². The molecule has 1 aromatic rings. The lowest BCUT2D eigenvalue weighted by Crippen LogP contribution is -2.38. The van der Waals surface area contributed by atoms with Crippen LogP contribution in [0.1, 0.15) is 51.3 Å². The highest BCUT2D eigenvalue weighted by Gasteiger charge is 2.41. The number of amides is 1. The Bertz CT molecular complexity index is 494. The van der Waals surface area contributed by atoms with E-state index in [1.807, 2.05) is 26.0 Å². The summed E-state index contributed by atoms with van der Waals surface area (Å²) in [6, 6.07) is 8.40. The zero-order valence-electron chi connectivity index (χ0n) is 12.8. The van der Waals surface area contributed by atoms with E-state index in [2.05, 4.69) is 22.3 Å². The van der Waals surface area contributed by atoms with Crippen LogP contribution in [-0.2, 0) is 4.79 Å². The molecule has 114 valence electrons. The number of nitrogens with one attached hydrogen (secondary N) is 1. The van der Waals surface area contributed by atoms with Crippen molar-refractivity contribution < 1.29 is 9.53 Å². The van der Waals surface area contributed by atoms with Gasteiger partial charge in [0.15, 0.2) is 0 Å². The smallest absolute Gasteiger partial charge is 0.241 e. The van der Waals surface area contributed by atoms with Gasteiger partial charge in [0.25, 0.3) is 0 Å². The number of benzene rings is 1. The lowest BCUT2D eigenvalue weighted by Gasteiger charge is -2.30. The van der Waals surface area contributed by atoms with Gasteiger partial charge in [0.2, 0.25) is 5.91 Å². The fourth-order valence-electron chi connectivity index (χ4n) is 3.48. The third-order valence-corrected chi connectivity index (χ3v) is 4.54. The molecule has 2 atom stereocenters. The molecular weight excluding hydrogens is 264 g/mol. The monoisotopic (exact) mass is 288 g/mol. The van der Waals surface area contributed by atoms with Gasteiger partial charge >= 0.3 is 0 Å². The minimum atomic E-state index is -0.0952. The Morgan fingerprint density at radius 3 is 2.52 bits per heavy atom. The third kappa shape index (κ3) is 2.77. The second kappa shape index (κ2) is 6.06. The maximum atomic E-state index is 12.5. The number of hydrogen-bond donors (Lipinski definition) is 1. The van der Waals surface area contributed by atoms with Crippen LogP contribution in [0.4, 0.5) is 0 Å². The van der Waals surface area contributed by atoms with E-state index in [-0.39, 0.29) is 18.1 Å². The summed E-state index contributed by atoms with van der Waals surface area (Å²) in [6.45, 7) is 4.61. The average molecular weight is 288 g/mol. The normalized spacial score (nSPS) is 26.6. The van der Waals surface area contributed by atoms with E-state index in [1.165, 1.54) is 12.8 Å². The second-order valence-electron chi connectivity index (χ2n) is 5.98. The summed E-state index contributed by atoms with van der Waals surface area (Å²) in [4.78, 5) is 14.6. The summed E-state index contributed by atoms with van der Waals surface area (Å²) >= 11 is 0. The van der Waals surface area contributed by atoms with Gasteiger partial charge in [-0.25, -0.2) is 0 Å². The number of carbonyl (C=O) groups is 1. The summed E-state index contributed by atoms with van der Waals surface area (Å²) in [5.41, 5.74) is 1.14. The van der Waals surface area contributed by atoms with Gasteiger partial charge in [-0.2, -0.15) is 0 Å². The van der Waals surface area contributed by atoms with Crippen LogP contribution in [0.5, 0.6) is 5.75 Å². The molecule has 21 heavy (non-hydrogen) atoms. The highest BCUT2D eigenvalue weighted by molar-refractivity contribution is 5.84. The standard InChI is InChI=1S/C17H24N2O2/c1-3-21-15-10-8-13(9-11-15)16-18-12(2)17(20)19(16)14-6-4-5-7-14/h8-12,14,16,18H,3-7H2,1-2H3. The number of hydrogen-bond acceptors (Lipinski definition) is 3. The highest BCUT2D eigenvalue weighted by Crippen LogP contribution is 2.34. The zero-order valence-corrected chi connectivity index (χ0v) is 12.8. The molecule has 2 fully saturated rings. The zero-order chi connectivity index (χ0) is 14.8. The number of ether oxygens (including phenoxy) is 1. The molecule has 1 N–H and O–H groups in total. The van der Waals surface area contributed by atoms with E-state index < -0.39 is 0 Å². The largest absolute Gasteiger partial charge is 0.494 e. The average Bonchev–Trinajstić information content (AvgIpc) is 3.10. The van der Waals surface area contributed by atoms with E-state index in [4.69, 9.17) is 4.74 Å². The summed E-state index contributed by atoms with van der Waals surface area (Å²) in [7, 11) is 0. The maximum Gasteiger partial charge on any atom is 0.241 e. The first-order valence-electron chi connectivity index (χ1n) is 8.01. The molecule has 1 heterocycles. The molecule has 2 unspecified atom stereocenters. The van der Waals surface area contributed by atoms with Crippen molar-refractivity contribution in [2.75, 3.05) is 6.61 Å². The van der Waals surface area contributed by atoms with Gasteiger partial charge < -0.3 is 9.64 Å². The van der Waals surface area contributed by atoms with E-state index in [0.29, 0.717) is 12.6 Å². The van der Waals surface area contributed by atoms with Crippen LogP contribution in [-0.4, -0.2) is 29.5 Å². The van der Waals surface area contributed by atoms with Crippen LogP contribution in [0.15, 0.2) is 24.3 Å². The van der Waals surface area contributed by atoms with Crippen molar-refractivity contribution in [3.8, 4) is 5.75 Å². The second-order valence-corrected chi connectivity index (χ2v) is 5.98. The van der Waals surface area contributed by atoms with Gasteiger partial charge in [0.05, 0.1) is 12.6 Å². The van der Waals surface area contributed by atoms with Gasteiger partial charge in [0.1, 0.15) is 11.9 Å². The molecule has 1 saturated heterocycles. The Morgan fingerprint density at radius 2 is 1.90 bits per heavy atom. The van der Waals surface area contributed by atoms with E-state index >= 15 is 0 Å². The molecule has 0 radical (unpaired) electrons. The summed E-state index contributed by atoms with van der Waals surface area (Å²) < 4.78 is 5.49. The van der Waals surface area contributed by atoms with Crippen LogP contribution >= 0.6 is 0 Å². The van der Waals surface area contributed by atoms with Crippen LogP contribution in [0.3, 0.4) is 0 Å². The molecule has 4 nitrogen and oxygen atoms in total. The van der Waals surface area contributed by atoms with Crippen molar-refractivity contribution >= 4 is 5.91 Å². The van der Waals surface area contributed by atoms with Gasteiger partial charge in [-0.3, -0.25) is 10.1 Å². The molecule has 1 saturated carbocycles. The topological polar surface area (TPSA) is 41.6 Å². The number of rotatable bonds is 4. The summed E-state index contributed by atoms with van der Waals surface area (Å²) in [5, 5.41) is 3.43. The van der Waals surface area contributed by atoms with Crippen LogP contribution in [0.2, 0.25) is 0 Å². The van der Waals surface area contributed by atoms with Crippen molar-refractivity contribution in [1.82, 2.24) is 10.2 Å². The van der Waals surface area contributed by atoms with Crippen LogP contribution < -0.4 is 10.1 Å². The quantitative estimate of drug-likeness (QED) is 0.926. The Kier molecular flexibility index (Phi) is 4.15. The van der Waals surface area contributed by atoms with Crippen molar-refractivity contribution in [1.29, 1.82) is 0 Å². The van der Waals surface area contributed by atoms with E-state index in [0.717, 1.165) is 24.2 Å². The van der Waals surface area contributed by atoms with E-state index in [1.54, 1.807) is 0 Å². The summed E-state index contributed by atoms with van der Waals surface area (Å²) in [5.74, 6) is 1.12. The van der Waals surface area contributed by atoms with Crippen LogP contribution in [0.25, 0.3) is 0 Å². The van der Waals surface area contributed by atoms with Crippen LogP contribution in [0, 0.1) is 0 Å². The predicted molar refractivity (Wildman–Crippen MR) is 82.1 cm³/mol. The van der Waals surface area contributed by atoms with Gasteiger partial charge in [-0.1, -0.05) is 25.0 Å². The minimum Gasteiger partial charge on any atom is -0.494 e. The van der Waals surface area contributed by atoms with Gasteiger partial charge in [-0.15, -0.1) is 0 Å². The van der Waals surface area contributed by atoms with Crippen molar-refractivity contribution in [2.24, 2.45) is 0 Å². The first-order chi connectivity index (χ1) is 10.2. The maximum absolute atomic E-state index is 12.5. The molecule has 2 aliphatic rings. The molecule has 1 aliphatic heterocycles. The number of nitrogens with zero attached hydrogens (tertiary/aromatic N) is 1. The molecular formula is C17H24N2O2. The first kappa shape index (κ1) is 14.4. The van der Waals surface area contributed by atoms with Crippen molar-refractivity contribution in [3.63, 3.8) is 0 Å². The molecule has 1 aliphatic carbocycles. The Labute approximate surface area is 126 Å². The number of carbonyl (C=O) groups excluding carboxylic acids is 1. The third-order valence-electron chi connectivity index (χ3n) is 4.54. The Balaban J connectivity index is 1.82. The lowest BCUT2D eigenvalue weighted by molar-refractivity contribution is -0.132. The molecule has 3 rings (SSSR count). The van der Waals surface area contributed by atoms with E-state index in [9.17, 15) is 4.79 Å². The molecule has 0 aromatic heterocycles. The lowest BCUT2D eigenvalue weighted by atomic mass is 10.1. The van der Waals surface area contributed by atoms with Crippen molar-refractivity contribution in [3.05, 3.63) is 29.8 Å². The predicted octanol–water partition coefficient (Wildman–Crippen LogP) is 2.85.